The zero-order valence-electron chi connectivity index (χ0n) is 16.6. The normalized spacial score (nSPS) is 10.9. The number of guanidine groups is 1. The predicted octanol–water partition coefficient (Wildman–Crippen LogP) is 4.36. The number of nitrogens with one attached hydrogen (secondary N) is 3. The summed E-state index contributed by atoms with van der Waals surface area (Å²) < 4.78 is 0. The molecule has 0 aliphatic rings. The number of rotatable bonds is 8. The molecule has 2 aromatic rings. The second-order valence-corrected chi connectivity index (χ2v) is 7.52. The van der Waals surface area contributed by atoms with Gasteiger partial charge in [0.1, 0.15) is 0 Å². The molecule has 0 fully saturated rings. The maximum atomic E-state index is 11.7. The molecule has 1 amide bonds. The molecule has 0 aliphatic carbocycles. The minimum absolute atomic E-state index is 0. The Balaban J connectivity index is 0.00000392. The molecule has 0 bridgehead atoms. The third-order valence-electron chi connectivity index (χ3n) is 3.84. The summed E-state index contributed by atoms with van der Waals surface area (Å²) in [6, 6.07) is 18.2. The van der Waals surface area contributed by atoms with Crippen molar-refractivity contribution in [1.82, 2.24) is 10.6 Å². The molecule has 0 spiro atoms. The zero-order valence-corrected chi connectivity index (χ0v) is 19.7. The molecule has 0 saturated heterocycles. The van der Waals surface area contributed by atoms with Gasteiger partial charge in [-0.05, 0) is 29.8 Å². The van der Waals surface area contributed by atoms with Gasteiger partial charge >= 0.3 is 0 Å². The highest BCUT2D eigenvalue weighted by Gasteiger charge is 2.06. The third-order valence-corrected chi connectivity index (χ3v) is 4.85. The smallest absolute Gasteiger partial charge is 0.226 e. The lowest BCUT2D eigenvalue weighted by Gasteiger charge is -2.12. The Bertz CT molecular complexity index is 736. The number of halogens is 1. The van der Waals surface area contributed by atoms with E-state index in [1.165, 1.54) is 4.90 Å². The number of amides is 1. The van der Waals surface area contributed by atoms with Crippen molar-refractivity contribution in [3.63, 3.8) is 0 Å². The van der Waals surface area contributed by atoms with Crippen LogP contribution < -0.4 is 16.0 Å². The molecule has 0 aromatic heterocycles. The van der Waals surface area contributed by atoms with E-state index in [0.717, 1.165) is 29.5 Å². The van der Waals surface area contributed by atoms with Crippen molar-refractivity contribution in [3.8, 4) is 0 Å². The van der Waals surface area contributed by atoms with E-state index in [1.807, 2.05) is 55.9 Å². The Morgan fingerprint density at radius 2 is 1.71 bits per heavy atom. The van der Waals surface area contributed by atoms with Crippen molar-refractivity contribution < 1.29 is 4.79 Å². The van der Waals surface area contributed by atoms with Gasteiger partial charge in [0.25, 0.3) is 0 Å². The Labute approximate surface area is 189 Å². The van der Waals surface area contributed by atoms with Gasteiger partial charge < -0.3 is 16.0 Å². The van der Waals surface area contributed by atoms with Crippen molar-refractivity contribution in [2.24, 2.45) is 10.9 Å². The van der Waals surface area contributed by atoms with Crippen molar-refractivity contribution in [2.75, 3.05) is 24.7 Å². The maximum Gasteiger partial charge on any atom is 0.226 e. The van der Waals surface area contributed by atoms with E-state index in [9.17, 15) is 4.79 Å². The van der Waals surface area contributed by atoms with Crippen LogP contribution in [0.5, 0.6) is 0 Å². The molecule has 2 aromatic carbocycles. The van der Waals surface area contributed by atoms with Gasteiger partial charge in [-0.15, -0.1) is 35.7 Å². The molecule has 3 N–H and O–H groups in total. The first-order valence-electron chi connectivity index (χ1n) is 9.10. The molecule has 5 nitrogen and oxygen atoms in total. The number of carbonyl (C=O) groups is 1. The van der Waals surface area contributed by atoms with Crippen LogP contribution >= 0.6 is 35.7 Å². The number of anilines is 1. The largest absolute Gasteiger partial charge is 0.356 e. The lowest BCUT2D eigenvalue weighted by atomic mass is 10.1. The summed E-state index contributed by atoms with van der Waals surface area (Å²) in [5.41, 5.74) is 1.94. The van der Waals surface area contributed by atoms with Crippen LogP contribution in [0.25, 0.3) is 0 Å². The first-order chi connectivity index (χ1) is 13.1. The van der Waals surface area contributed by atoms with E-state index in [4.69, 9.17) is 0 Å². The van der Waals surface area contributed by atoms with Gasteiger partial charge in [-0.1, -0.05) is 44.2 Å². The summed E-state index contributed by atoms with van der Waals surface area (Å²) >= 11 is 1.82. The fourth-order valence-electron chi connectivity index (χ4n) is 2.25. The van der Waals surface area contributed by atoms with Gasteiger partial charge in [0, 0.05) is 42.4 Å². The molecule has 0 radical (unpaired) electrons. The van der Waals surface area contributed by atoms with E-state index in [0.29, 0.717) is 6.54 Å². The molecule has 152 valence electrons. The number of benzene rings is 2. The number of thioether (sulfide) groups is 1. The molecule has 0 atom stereocenters. The van der Waals surface area contributed by atoms with Gasteiger partial charge in [0.05, 0.1) is 0 Å². The molecule has 7 heteroatoms. The Morgan fingerprint density at radius 3 is 2.32 bits per heavy atom. The molecule has 0 unspecified atom stereocenters. The van der Waals surface area contributed by atoms with Crippen molar-refractivity contribution in [3.05, 3.63) is 60.2 Å². The Morgan fingerprint density at radius 1 is 1.04 bits per heavy atom. The topological polar surface area (TPSA) is 65.5 Å². The first-order valence-corrected chi connectivity index (χ1v) is 10.1. The van der Waals surface area contributed by atoms with Crippen molar-refractivity contribution >= 4 is 53.3 Å². The minimum atomic E-state index is -0.0270. The first kappa shape index (κ1) is 24.3. The van der Waals surface area contributed by atoms with Crippen LogP contribution in [0.3, 0.4) is 0 Å². The van der Waals surface area contributed by atoms with Gasteiger partial charge in [-0.25, -0.2) is 0 Å². The van der Waals surface area contributed by atoms with E-state index < -0.39 is 0 Å². The van der Waals surface area contributed by atoms with Gasteiger partial charge in [0.2, 0.25) is 5.91 Å². The van der Waals surface area contributed by atoms with Gasteiger partial charge in [-0.2, -0.15) is 0 Å². The van der Waals surface area contributed by atoms with Crippen molar-refractivity contribution in [1.29, 1.82) is 0 Å². The number of aliphatic imine (C=N–C) groups is 1. The monoisotopic (exact) mass is 512 g/mol. The fourth-order valence-corrected chi connectivity index (χ4v) is 3.04. The molecule has 0 saturated carbocycles. The van der Waals surface area contributed by atoms with Gasteiger partial charge in [0.15, 0.2) is 5.96 Å². The summed E-state index contributed by atoms with van der Waals surface area (Å²) in [5.74, 6) is 1.75. The summed E-state index contributed by atoms with van der Waals surface area (Å²) in [7, 11) is 1.77. The molecule has 28 heavy (non-hydrogen) atoms. The quantitative estimate of drug-likeness (QED) is 0.162. The SMILES string of the molecule is CN=C(NCCSc1ccccc1)NCc1ccc(NC(=O)C(C)C)cc1.I. The lowest BCUT2D eigenvalue weighted by Crippen LogP contribution is -2.37. The zero-order chi connectivity index (χ0) is 19.5. The van der Waals surface area contributed by atoms with Gasteiger partial charge in [-0.3, -0.25) is 9.79 Å². The van der Waals surface area contributed by atoms with Crippen LogP contribution in [0.4, 0.5) is 5.69 Å². The van der Waals surface area contributed by atoms with E-state index in [2.05, 4.69) is 45.2 Å². The molecular formula is C21H29IN4OS. The summed E-state index contributed by atoms with van der Waals surface area (Å²) in [6.45, 7) is 5.26. The Hall–Kier alpha value is -1.74. The van der Waals surface area contributed by atoms with Crippen LogP contribution in [-0.2, 0) is 11.3 Å². The maximum absolute atomic E-state index is 11.7. The van der Waals surface area contributed by atoms with Crippen LogP contribution in [0.2, 0.25) is 0 Å². The van der Waals surface area contributed by atoms with Crippen LogP contribution in [0.15, 0.2) is 64.5 Å². The number of carbonyl (C=O) groups excluding carboxylic acids is 1. The lowest BCUT2D eigenvalue weighted by molar-refractivity contribution is -0.118. The minimum Gasteiger partial charge on any atom is -0.356 e. The van der Waals surface area contributed by atoms with Crippen LogP contribution in [0.1, 0.15) is 19.4 Å². The molecular weight excluding hydrogens is 483 g/mol. The number of hydrogen-bond acceptors (Lipinski definition) is 3. The summed E-state index contributed by atoms with van der Waals surface area (Å²) in [6.07, 6.45) is 0. The van der Waals surface area contributed by atoms with E-state index >= 15 is 0 Å². The highest BCUT2D eigenvalue weighted by atomic mass is 127. The van der Waals surface area contributed by atoms with Crippen molar-refractivity contribution in [2.45, 2.75) is 25.3 Å². The van der Waals surface area contributed by atoms with E-state index in [-0.39, 0.29) is 35.8 Å². The standard InChI is InChI=1S/C21H28N4OS.HI/c1-16(2)20(26)25-18-11-9-17(10-12-18)15-24-21(22-3)23-13-14-27-19-7-5-4-6-8-19;/h4-12,16H,13-15H2,1-3H3,(H,25,26)(H2,22,23,24);1H. The predicted molar refractivity (Wildman–Crippen MR) is 131 cm³/mol. The Kier molecular flexibility index (Phi) is 11.7. The average molecular weight is 512 g/mol. The average Bonchev–Trinajstić information content (AvgIpc) is 2.69. The van der Waals surface area contributed by atoms with Crippen LogP contribution in [0, 0.1) is 5.92 Å². The summed E-state index contributed by atoms with van der Waals surface area (Å²) in [5, 5.41) is 9.52. The molecule has 0 heterocycles. The summed E-state index contributed by atoms with van der Waals surface area (Å²) in [4.78, 5) is 17.2. The second kappa shape index (κ2) is 13.4. The van der Waals surface area contributed by atoms with Crippen LogP contribution in [-0.4, -0.2) is 31.2 Å². The highest BCUT2D eigenvalue weighted by Crippen LogP contribution is 2.15. The highest BCUT2D eigenvalue weighted by molar-refractivity contribution is 14.0. The molecule has 2 rings (SSSR count). The number of nitrogens with zero attached hydrogens (tertiary/aromatic N) is 1. The number of hydrogen-bond donors (Lipinski definition) is 3. The third kappa shape index (κ3) is 8.97. The second-order valence-electron chi connectivity index (χ2n) is 6.35. The fraction of sp³-hybridized carbons (Fsp3) is 0.333. The molecule has 0 aliphatic heterocycles. The van der Waals surface area contributed by atoms with E-state index in [1.54, 1.807) is 7.05 Å².